The smallest absolute Gasteiger partial charge is 0.284 e. The van der Waals surface area contributed by atoms with Crippen molar-refractivity contribution in [3.63, 3.8) is 0 Å². The maximum atomic E-state index is 13.5. The molecule has 3 heterocycles. The van der Waals surface area contributed by atoms with Crippen LogP contribution in [0.3, 0.4) is 0 Å². The molecule has 164 valence electrons. The lowest BCUT2D eigenvalue weighted by atomic mass is 9.87. The average Bonchev–Trinajstić information content (AvgIpc) is 3.42. The van der Waals surface area contributed by atoms with E-state index in [0.717, 1.165) is 31.4 Å². The van der Waals surface area contributed by atoms with Crippen LogP contribution in [0.1, 0.15) is 60.0 Å². The summed E-state index contributed by atoms with van der Waals surface area (Å²) < 4.78 is 34.0. The van der Waals surface area contributed by atoms with Crippen molar-refractivity contribution in [3.8, 4) is 11.5 Å². The molecule has 1 amide bonds. The van der Waals surface area contributed by atoms with Crippen molar-refractivity contribution in [1.82, 2.24) is 19.7 Å². The van der Waals surface area contributed by atoms with Gasteiger partial charge in [0.2, 0.25) is 5.89 Å². The third-order valence-corrected chi connectivity index (χ3v) is 5.54. The molecule has 0 aliphatic heterocycles. The molecule has 2 N–H and O–H groups in total. The van der Waals surface area contributed by atoms with Gasteiger partial charge in [-0.1, -0.05) is 0 Å². The van der Waals surface area contributed by atoms with Crippen LogP contribution in [0, 0.1) is 12.8 Å². The number of oxazole rings is 1. The number of hydrogen-bond donors (Lipinski definition) is 2. The van der Waals surface area contributed by atoms with Crippen LogP contribution in [-0.4, -0.2) is 37.4 Å². The molecular formula is C21H23F2N5O3. The molecule has 0 bridgehead atoms. The summed E-state index contributed by atoms with van der Waals surface area (Å²) in [5.41, 5.74) is 0.871. The van der Waals surface area contributed by atoms with Crippen molar-refractivity contribution >= 4 is 11.6 Å². The Morgan fingerprint density at radius 1 is 1.35 bits per heavy atom. The first kappa shape index (κ1) is 21.1. The van der Waals surface area contributed by atoms with Gasteiger partial charge in [-0.05, 0) is 50.7 Å². The highest BCUT2D eigenvalue weighted by Gasteiger charge is 2.27. The molecule has 0 saturated heterocycles. The number of alkyl halides is 2. The van der Waals surface area contributed by atoms with Gasteiger partial charge in [-0.25, -0.2) is 13.8 Å². The fraction of sp³-hybridized carbons (Fsp3) is 0.429. The molecule has 10 heteroatoms. The van der Waals surface area contributed by atoms with E-state index in [1.54, 1.807) is 18.3 Å². The normalized spacial score (nSPS) is 19.0. The number of nitrogens with zero attached hydrogens (tertiary/aromatic N) is 4. The highest BCUT2D eigenvalue weighted by atomic mass is 19.3. The minimum atomic E-state index is -2.84. The lowest BCUT2D eigenvalue weighted by Crippen LogP contribution is -2.20. The average molecular weight is 431 g/mol. The van der Waals surface area contributed by atoms with Gasteiger partial charge < -0.3 is 14.8 Å². The van der Waals surface area contributed by atoms with Crippen LogP contribution >= 0.6 is 0 Å². The fourth-order valence-corrected chi connectivity index (χ4v) is 3.82. The van der Waals surface area contributed by atoms with Crippen LogP contribution in [0.25, 0.3) is 11.5 Å². The Hall–Kier alpha value is -3.14. The molecule has 1 fully saturated rings. The third kappa shape index (κ3) is 4.63. The number of aryl methyl sites for hydroxylation is 1. The minimum absolute atomic E-state index is 0.0270. The minimum Gasteiger partial charge on any atom is -0.444 e. The van der Waals surface area contributed by atoms with Crippen molar-refractivity contribution in [3.05, 3.63) is 47.9 Å². The number of aliphatic hydroxyl groups is 1. The molecule has 0 radical (unpaired) electrons. The number of hydrogen-bond acceptors (Lipinski definition) is 6. The summed E-state index contributed by atoms with van der Waals surface area (Å²) >= 11 is 0. The molecule has 3 aromatic heterocycles. The van der Waals surface area contributed by atoms with Crippen LogP contribution in [-0.2, 0) is 0 Å². The number of halogens is 2. The first-order chi connectivity index (χ1) is 14.9. The summed E-state index contributed by atoms with van der Waals surface area (Å²) in [4.78, 5) is 20.9. The van der Waals surface area contributed by atoms with Crippen molar-refractivity contribution in [2.75, 3.05) is 11.9 Å². The zero-order valence-corrected chi connectivity index (χ0v) is 17.0. The van der Waals surface area contributed by atoms with Crippen LogP contribution in [0.4, 0.5) is 14.5 Å². The third-order valence-electron chi connectivity index (χ3n) is 5.54. The number of nitrogens with one attached hydrogen (secondary N) is 1. The fourth-order valence-electron chi connectivity index (χ4n) is 3.82. The van der Waals surface area contributed by atoms with Gasteiger partial charge in [-0.15, -0.1) is 0 Å². The lowest BCUT2D eigenvalue weighted by molar-refractivity contribution is 0.102. The predicted octanol–water partition coefficient (Wildman–Crippen LogP) is 4.16. The number of aliphatic hydroxyl groups excluding tert-OH is 1. The number of aromatic nitrogens is 4. The molecule has 31 heavy (non-hydrogen) atoms. The van der Waals surface area contributed by atoms with Gasteiger partial charge in [0.1, 0.15) is 6.26 Å². The van der Waals surface area contributed by atoms with Gasteiger partial charge >= 0.3 is 0 Å². The Morgan fingerprint density at radius 3 is 2.81 bits per heavy atom. The molecule has 0 aromatic carbocycles. The summed E-state index contributed by atoms with van der Waals surface area (Å²) in [6.07, 6.45) is 4.48. The number of carbonyl (C=O) groups excluding carboxylic acids is 1. The maximum Gasteiger partial charge on any atom is 0.284 e. The molecule has 4 rings (SSSR count). The second kappa shape index (κ2) is 8.93. The van der Waals surface area contributed by atoms with E-state index in [-0.39, 0.29) is 35.8 Å². The summed E-state index contributed by atoms with van der Waals surface area (Å²) in [7, 11) is 0. The number of amides is 1. The van der Waals surface area contributed by atoms with E-state index in [0.29, 0.717) is 5.56 Å². The van der Waals surface area contributed by atoms with Gasteiger partial charge in [0.25, 0.3) is 12.3 Å². The van der Waals surface area contributed by atoms with Crippen molar-refractivity contribution < 1.29 is 23.1 Å². The van der Waals surface area contributed by atoms with E-state index in [9.17, 15) is 18.7 Å². The van der Waals surface area contributed by atoms with Gasteiger partial charge in [0.05, 0.1) is 11.7 Å². The molecule has 1 aliphatic rings. The van der Waals surface area contributed by atoms with Crippen LogP contribution in [0.15, 0.2) is 35.2 Å². The van der Waals surface area contributed by atoms with E-state index >= 15 is 0 Å². The van der Waals surface area contributed by atoms with Crippen LogP contribution < -0.4 is 5.32 Å². The SMILES string of the molecule is Cc1cc(-c2nc(C(=O)Nc3cn(C4CCC(CO)CC4)nc3C(F)F)co2)ccn1. The van der Waals surface area contributed by atoms with E-state index in [1.807, 2.05) is 6.92 Å². The molecular weight excluding hydrogens is 408 g/mol. The van der Waals surface area contributed by atoms with Gasteiger partial charge in [0.15, 0.2) is 11.4 Å². The number of anilines is 1. The lowest BCUT2D eigenvalue weighted by Gasteiger charge is -2.27. The van der Waals surface area contributed by atoms with E-state index in [1.165, 1.54) is 17.1 Å². The predicted molar refractivity (Wildman–Crippen MR) is 108 cm³/mol. The van der Waals surface area contributed by atoms with E-state index in [2.05, 4.69) is 20.4 Å². The largest absolute Gasteiger partial charge is 0.444 e. The van der Waals surface area contributed by atoms with Gasteiger partial charge in [-0.2, -0.15) is 5.10 Å². The number of carbonyl (C=O) groups is 1. The standard InChI is InChI=1S/C21H23F2N5O3/c1-12-8-14(6-7-24-12)21-26-17(11-31-21)20(30)25-16-9-28(27-18(16)19(22)23)15-4-2-13(10-29)3-5-15/h6-9,11,13,15,19,29H,2-5,10H2,1H3,(H,25,30). The summed E-state index contributed by atoms with van der Waals surface area (Å²) in [5.74, 6) is -0.182. The summed E-state index contributed by atoms with van der Waals surface area (Å²) in [5, 5.41) is 15.8. The van der Waals surface area contributed by atoms with Crippen LogP contribution in [0.5, 0.6) is 0 Å². The molecule has 1 saturated carbocycles. The highest BCUT2D eigenvalue weighted by Crippen LogP contribution is 2.34. The Balaban J connectivity index is 1.51. The second-order valence-electron chi connectivity index (χ2n) is 7.74. The molecule has 1 aliphatic carbocycles. The Morgan fingerprint density at radius 2 is 2.13 bits per heavy atom. The van der Waals surface area contributed by atoms with E-state index < -0.39 is 18.0 Å². The molecule has 8 nitrogen and oxygen atoms in total. The van der Waals surface area contributed by atoms with Gasteiger partial charge in [0, 0.05) is 30.3 Å². The summed E-state index contributed by atoms with van der Waals surface area (Å²) in [6.45, 7) is 1.95. The second-order valence-corrected chi connectivity index (χ2v) is 7.74. The molecule has 0 atom stereocenters. The molecule has 3 aromatic rings. The van der Waals surface area contributed by atoms with Crippen LogP contribution in [0.2, 0.25) is 0 Å². The monoisotopic (exact) mass is 431 g/mol. The number of pyridine rings is 1. The molecule has 0 spiro atoms. The Bertz CT molecular complexity index is 1060. The quantitative estimate of drug-likeness (QED) is 0.607. The zero-order valence-electron chi connectivity index (χ0n) is 17.0. The number of rotatable bonds is 6. The highest BCUT2D eigenvalue weighted by molar-refractivity contribution is 6.03. The van der Waals surface area contributed by atoms with Crippen molar-refractivity contribution in [2.24, 2.45) is 5.92 Å². The Kier molecular flexibility index (Phi) is 6.08. The van der Waals surface area contributed by atoms with E-state index in [4.69, 9.17) is 4.42 Å². The summed E-state index contributed by atoms with van der Waals surface area (Å²) in [6, 6.07) is 3.42. The van der Waals surface area contributed by atoms with Gasteiger partial charge in [-0.3, -0.25) is 14.5 Å². The first-order valence-electron chi connectivity index (χ1n) is 10.1. The van der Waals surface area contributed by atoms with Crippen molar-refractivity contribution in [1.29, 1.82) is 0 Å². The molecule has 0 unspecified atom stereocenters. The van der Waals surface area contributed by atoms with Crippen molar-refractivity contribution in [2.45, 2.75) is 45.1 Å². The zero-order chi connectivity index (χ0) is 22.0. The topological polar surface area (TPSA) is 106 Å². The Labute approximate surface area is 177 Å². The maximum absolute atomic E-state index is 13.5. The first-order valence-corrected chi connectivity index (χ1v) is 10.1.